The van der Waals surface area contributed by atoms with Gasteiger partial charge in [-0.3, -0.25) is 4.79 Å². The van der Waals surface area contributed by atoms with Gasteiger partial charge in [-0.2, -0.15) is 13.2 Å². The molecule has 0 aliphatic rings. The van der Waals surface area contributed by atoms with Crippen molar-refractivity contribution < 1.29 is 26.8 Å². The number of oxazole rings is 1. The molecule has 0 aliphatic heterocycles. The van der Waals surface area contributed by atoms with E-state index >= 15 is 0 Å². The van der Waals surface area contributed by atoms with Crippen LogP contribution in [0.2, 0.25) is 0 Å². The van der Waals surface area contributed by atoms with E-state index in [1.54, 1.807) is 18.2 Å². The third kappa shape index (κ3) is 4.48. The van der Waals surface area contributed by atoms with E-state index < -0.39 is 23.7 Å². The van der Waals surface area contributed by atoms with Crippen LogP contribution in [-0.2, 0) is 6.18 Å². The first-order valence-electron chi connectivity index (χ1n) is 9.12. The average molecular weight is 426 g/mol. The first kappa shape index (κ1) is 20.3. The van der Waals surface area contributed by atoms with Gasteiger partial charge in [-0.25, -0.2) is 9.37 Å². The molecule has 1 aromatic heterocycles. The number of benzene rings is 3. The second-order valence-electron chi connectivity index (χ2n) is 6.60. The molecule has 0 bridgehead atoms. The van der Waals surface area contributed by atoms with Crippen LogP contribution in [0.1, 0.15) is 16.1 Å². The van der Waals surface area contributed by atoms with Gasteiger partial charge in [-0.1, -0.05) is 36.4 Å². The third-order valence-corrected chi connectivity index (χ3v) is 4.41. The highest BCUT2D eigenvalue weighted by Gasteiger charge is 2.40. The molecule has 0 fully saturated rings. The number of hydrogen-bond acceptors (Lipinski definition) is 3. The van der Waals surface area contributed by atoms with Crippen LogP contribution < -0.4 is 5.32 Å². The number of halogens is 4. The molecule has 0 spiro atoms. The molecule has 1 amide bonds. The van der Waals surface area contributed by atoms with Gasteiger partial charge in [0.2, 0.25) is 11.7 Å². The highest BCUT2D eigenvalue weighted by Crippen LogP contribution is 2.39. The maximum Gasteiger partial charge on any atom is 0.451 e. The maximum absolute atomic E-state index is 13.5. The number of amides is 1. The van der Waals surface area contributed by atoms with E-state index in [0.29, 0.717) is 11.3 Å². The lowest BCUT2D eigenvalue weighted by molar-refractivity contribution is -0.152. The van der Waals surface area contributed by atoms with Gasteiger partial charge in [0.1, 0.15) is 11.5 Å². The molecule has 0 aliphatic carbocycles. The molecule has 31 heavy (non-hydrogen) atoms. The standard InChI is InChI=1S/C23H14F4N2O2/c24-17-8-4-7-16(13-17)21(30)28-18-11-9-15(10-12-18)22-29-19(14-5-2-1-3-6-14)20(31-22)23(25,26)27/h1-13H,(H,28,30). The number of nitrogens with zero attached hydrogens (tertiary/aromatic N) is 1. The van der Waals surface area contributed by atoms with Crippen molar-refractivity contribution >= 4 is 11.6 Å². The van der Waals surface area contributed by atoms with Crippen LogP contribution in [0.4, 0.5) is 23.2 Å². The topological polar surface area (TPSA) is 55.1 Å². The number of carbonyl (C=O) groups excluding carboxylic acids is 1. The van der Waals surface area contributed by atoms with Crippen molar-refractivity contribution in [3.63, 3.8) is 0 Å². The molecule has 4 rings (SSSR count). The molecule has 0 radical (unpaired) electrons. The lowest BCUT2D eigenvalue weighted by Crippen LogP contribution is -2.11. The van der Waals surface area contributed by atoms with Gasteiger partial charge < -0.3 is 9.73 Å². The van der Waals surface area contributed by atoms with E-state index in [4.69, 9.17) is 4.42 Å². The normalized spacial score (nSPS) is 11.4. The highest BCUT2D eigenvalue weighted by atomic mass is 19.4. The fraction of sp³-hybridized carbons (Fsp3) is 0.0435. The van der Waals surface area contributed by atoms with Gasteiger partial charge in [0, 0.05) is 22.4 Å². The molecule has 4 aromatic rings. The van der Waals surface area contributed by atoms with Crippen molar-refractivity contribution in [2.45, 2.75) is 6.18 Å². The molecule has 0 saturated heterocycles. The average Bonchev–Trinajstić information content (AvgIpc) is 3.21. The summed E-state index contributed by atoms with van der Waals surface area (Å²) in [5.74, 6) is -2.44. The van der Waals surface area contributed by atoms with Crippen molar-refractivity contribution in [3.05, 3.63) is 96.0 Å². The summed E-state index contributed by atoms with van der Waals surface area (Å²) in [7, 11) is 0. The van der Waals surface area contributed by atoms with Crippen molar-refractivity contribution in [1.82, 2.24) is 4.98 Å². The molecular formula is C23H14F4N2O2. The predicted octanol–water partition coefficient (Wildman–Crippen LogP) is 6.42. The van der Waals surface area contributed by atoms with Crippen LogP contribution >= 0.6 is 0 Å². The Kier molecular flexibility index (Phi) is 5.29. The molecule has 0 saturated carbocycles. The minimum absolute atomic E-state index is 0.138. The predicted molar refractivity (Wildman–Crippen MR) is 107 cm³/mol. The van der Waals surface area contributed by atoms with Crippen molar-refractivity contribution in [2.24, 2.45) is 0 Å². The Hall–Kier alpha value is -3.94. The molecule has 0 unspecified atom stereocenters. The first-order chi connectivity index (χ1) is 14.8. The molecule has 1 heterocycles. The van der Waals surface area contributed by atoms with E-state index in [-0.39, 0.29) is 22.7 Å². The zero-order chi connectivity index (χ0) is 22.0. The quantitative estimate of drug-likeness (QED) is 0.383. The molecule has 156 valence electrons. The van der Waals surface area contributed by atoms with E-state index in [2.05, 4.69) is 10.3 Å². The van der Waals surface area contributed by atoms with E-state index in [1.165, 1.54) is 54.6 Å². The Labute approximate surface area is 174 Å². The third-order valence-electron chi connectivity index (χ3n) is 4.41. The smallest absolute Gasteiger partial charge is 0.431 e. The summed E-state index contributed by atoms with van der Waals surface area (Å²) >= 11 is 0. The molecule has 4 nitrogen and oxygen atoms in total. The van der Waals surface area contributed by atoms with Crippen molar-refractivity contribution in [3.8, 4) is 22.7 Å². The van der Waals surface area contributed by atoms with Gasteiger partial charge in [0.15, 0.2) is 0 Å². The van der Waals surface area contributed by atoms with Gasteiger partial charge in [0.25, 0.3) is 5.91 Å². The van der Waals surface area contributed by atoms with Gasteiger partial charge in [-0.15, -0.1) is 0 Å². The van der Waals surface area contributed by atoms with Gasteiger partial charge in [0.05, 0.1) is 0 Å². The number of anilines is 1. The van der Waals surface area contributed by atoms with Crippen LogP contribution in [0.15, 0.2) is 83.3 Å². The second kappa shape index (κ2) is 8.06. The molecule has 8 heteroatoms. The lowest BCUT2D eigenvalue weighted by atomic mass is 10.1. The van der Waals surface area contributed by atoms with Gasteiger partial charge in [-0.05, 0) is 42.5 Å². The second-order valence-corrected chi connectivity index (χ2v) is 6.60. The Balaban J connectivity index is 1.61. The molecule has 3 aromatic carbocycles. The van der Waals surface area contributed by atoms with E-state index in [0.717, 1.165) is 6.07 Å². The van der Waals surface area contributed by atoms with Crippen LogP contribution in [-0.4, -0.2) is 10.9 Å². The van der Waals surface area contributed by atoms with Crippen LogP contribution in [0.5, 0.6) is 0 Å². The zero-order valence-corrected chi connectivity index (χ0v) is 15.8. The summed E-state index contributed by atoms with van der Waals surface area (Å²) in [4.78, 5) is 16.3. The first-order valence-corrected chi connectivity index (χ1v) is 9.12. The molecule has 1 N–H and O–H groups in total. The summed E-state index contributed by atoms with van der Waals surface area (Å²) in [6.45, 7) is 0. The lowest BCUT2D eigenvalue weighted by Gasteiger charge is -2.06. The monoisotopic (exact) mass is 426 g/mol. The summed E-state index contributed by atoms with van der Waals surface area (Å²) in [5, 5.41) is 2.59. The number of aromatic nitrogens is 1. The molecular weight excluding hydrogens is 412 g/mol. The fourth-order valence-electron chi connectivity index (χ4n) is 2.96. The fourth-order valence-corrected chi connectivity index (χ4v) is 2.96. The van der Waals surface area contributed by atoms with Gasteiger partial charge >= 0.3 is 6.18 Å². The van der Waals surface area contributed by atoms with E-state index in [9.17, 15) is 22.4 Å². The minimum atomic E-state index is -4.71. The minimum Gasteiger partial charge on any atom is -0.431 e. The molecule has 0 atom stereocenters. The summed E-state index contributed by atoms with van der Waals surface area (Å²) in [6, 6.07) is 19.1. The SMILES string of the molecule is O=C(Nc1ccc(-c2nc(-c3ccccc3)c(C(F)(F)F)o2)cc1)c1cccc(F)c1. The summed E-state index contributed by atoms with van der Waals surface area (Å²) < 4.78 is 58.7. The van der Waals surface area contributed by atoms with Crippen LogP contribution in [0, 0.1) is 5.82 Å². The Morgan fingerprint density at radius 1 is 0.871 bits per heavy atom. The Morgan fingerprint density at radius 2 is 1.58 bits per heavy atom. The largest absolute Gasteiger partial charge is 0.451 e. The number of rotatable bonds is 4. The van der Waals surface area contributed by atoms with Crippen molar-refractivity contribution in [2.75, 3.05) is 5.32 Å². The highest BCUT2D eigenvalue weighted by molar-refractivity contribution is 6.04. The number of alkyl halides is 3. The Bertz CT molecular complexity index is 1220. The van der Waals surface area contributed by atoms with Crippen LogP contribution in [0.25, 0.3) is 22.7 Å². The zero-order valence-electron chi connectivity index (χ0n) is 15.8. The number of hydrogen-bond donors (Lipinski definition) is 1. The summed E-state index contributed by atoms with van der Waals surface area (Å²) in [6.07, 6.45) is -4.71. The van der Waals surface area contributed by atoms with Crippen LogP contribution in [0.3, 0.4) is 0 Å². The van der Waals surface area contributed by atoms with Crippen molar-refractivity contribution in [1.29, 1.82) is 0 Å². The Morgan fingerprint density at radius 3 is 2.23 bits per heavy atom. The summed E-state index contributed by atoms with van der Waals surface area (Å²) in [5.41, 5.74) is 0.801. The maximum atomic E-state index is 13.5. The van der Waals surface area contributed by atoms with E-state index in [1.807, 2.05) is 0 Å². The number of carbonyl (C=O) groups is 1. The number of nitrogens with one attached hydrogen (secondary N) is 1.